The molecule has 5 saturated heterocycles. The lowest BCUT2D eigenvalue weighted by Crippen LogP contribution is -2.56. The molecule has 0 spiro atoms. The third-order valence-electron chi connectivity index (χ3n) is 26.7. The molecule has 0 bridgehead atoms. The summed E-state index contributed by atoms with van der Waals surface area (Å²) in [7, 11) is 3.38. The number of anilines is 12. The Morgan fingerprint density at radius 2 is 0.662 bits per heavy atom. The van der Waals surface area contributed by atoms with Gasteiger partial charge in [0.25, 0.3) is 0 Å². The van der Waals surface area contributed by atoms with Gasteiger partial charge in [-0.1, -0.05) is 0 Å². The van der Waals surface area contributed by atoms with E-state index in [4.69, 9.17) is 67.3 Å². The van der Waals surface area contributed by atoms with Gasteiger partial charge in [-0.05, 0) is 148 Å². The second kappa shape index (κ2) is 42.1. The first-order chi connectivity index (χ1) is 70.0. The van der Waals surface area contributed by atoms with Crippen LogP contribution in [-0.4, -0.2) is 281 Å². The number of aliphatic hydroxyl groups is 3. The van der Waals surface area contributed by atoms with Crippen LogP contribution in [-0.2, 0) is 44.6 Å². The summed E-state index contributed by atoms with van der Waals surface area (Å²) in [5, 5.41) is 42.1. The largest absolute Gasteiger partial charge is 0.495 e. The van der Waals surface area contributed by atoms with E-state index < -0.39 is 0 Å². The number of morpholine rings is 3. The van der Waals surface area contributed by atoms with E-state index in [-0.39, 0.29) is 38.1 Å². The lowest BCUT2D eigenvalue weighted by molar-refractivity contribution is -0.0660. The van der Waals surface area contributed by atoms with Crippen LogP contribution < -0.4 is 69.3 Å². The summed E-state index contributed by atoms with van der Waals surface area (Å²) in [4.78, 5) is 67.3. The molecule has 9 aliphatic heterocycles. The SMILES string of the molecule is COc1cc(Nc2nc(-c3cnc4c(c3)CCCO4)cn3ccnc23)ccc1N1CCN(C2COC2)CC1.COc1cc(Nc2nc(-c3cnc4c(c3)CCCO4)cn3ccnc23)ccc1N1CCOC(CO)C1.OCC1CN(c2ccc(Nc3nc(-c4cnc5c(c4)CCCO5)cn4ccnc34)cc2)CCO1.OC[C@H]1CN(c2ccc(Nc3nc(-c4cnc5c(c4)CCCO5)cn4ccnc34)cc2)CCO1. The van der Waals surface area contributed by atoms with Crippen molar-refractivity contribution in [1.29, 1.82) is 0 Å². The molecule has 7 N–H and O–H groups in total. The molecule has 16 aromatic rings. The van der Waals surface area contributed by atoms with E-state index in [0.717, 1.165) is 295 Å². The van der Waals surface area contributed by atoms with Crippen molar-refractivity contribution in [3.63, 3.8) is 0 Å². The van der Waals surface area contributed by atoms with Gasteiger partial charge in [0.05, 0.1) is 152 Å². The summed E-state index contributed by atoms with van der Waals surface area (Å²) < 4.78 is 64.2. The van der Waals surface area contributed by atoms with E-state index in [1.807, 2.05) is 134 Å². The number of hydrogen-bond donors (Lipinski definition) is 7. The van der Waals surface area contributed by atoms with Crippen molar-refractivity contribution < 1.29 is 62.7 Å². The maximum absolute atomic E-state index is 9.50. The van der Waals surface area contributed by atoms with Crippen LogP contribution in [0, 0.1) is 0 Å². The molecule has 4 aromatic carbocycles. The fourth-order valence-electron chi connectivity index (χ4n) is 19.2. The molecule has 0 radical (unpaired) electrons. The molecule has 2 unspecified atom stereocenters. The van der Waals surface area contributed by atoms with Gasteiger partial charge in [0.1, 0.15) is 11.5 Å². The monoisotopic (exact) mass is 1920 g/mol. The standard InChI is InChI=1S/C28H31N7O3.C26H28N6O4.2C25H26N6O3/c1-36-25-14-21(4-5-24(25)34-10-8-33(9-11-34)22-17-37-18-22)31-26-27-29-6-7-35(27)16-23(32-26)20-13-19-3-2-12-38-28(19)30-15-20;1-34-23-12-19(4-5-22(23)31-8-10-35-20(14-31)16-33)29-24-25-27-6-7-32(25)15-21(30-24)18-11-17-3-2-9-36-26(17)28-13-18;2*32-16-21-14-30(9-11-33-21)20-5-3-19(4-6-20)28-23-24-26-7-8-31(24)15-22(29-23)18-12-17-2-1-10-34-25(17)27-13-18/h4-7,13-16,22H,2-3,8-12,17-18H2,1H3,(H,31,32);4-7,11-13,15,20,33H,2-3,8-10,14,16H2,1H3,(H,29,30);2*3-8,12-13,15,21,32H,1-2,9-11,14,16H2,(H,28,29)/t;;21-;/m..1./s1. The molecule has 3 atom stereocenters. The first-order valence-electron chi connectivity index (χ1n) is 48.5. The highest BCUT2D eigenvalue weighted by atomic mass is 16.5. The second-order valence-electron chi connectivity index (χ2n) is 36.0. The first kappa shape index (κ1) is 91.9. The topological polar surface area (TPSA) is 390 Å². The van der Waals surface area contributed by atoms with Crippen LogP contribution in [0.2, 0.25) is 0 Å². The summed E-state index contributed by atoms with van der Waals surface area (Å²) in [5.41, 5.74) is 22.3. The molecule has 25 rings (SSSR count). The first-order valence-corrected chi connectivity index (χ1v) is 48.5. The Balaban J connectivity index is 0.000000109. The van der Waals surface area contributed by atoms with Crippen molar-refractivity contribution in [3.05, 3.63) is 231 Å². The van der Waals surface area contributed by atoms with E-state index in [2.05, 4.69) is 146 Å². The molecule has 21 heterocycles. The Morgan fingerprint density at radius 3 is 0.986 bits per heavy atom. The van der Waals surface area contributed by atoms with E-state index in [1.165, 1.54) is 0 Å². The van der Waals surface area contributed by atoms with Crippen LogP contribution >= 0.6 is 0 Å². The molecule has 12 aromatic heterocycles. The van der Waals surface area contributed by atoms with Gasteiger partial charge in [-0.2, -0.15) is 0 Å². The number of aryl methyl sites for hydroxylation is 4. The number of piperazine rings is 1. The summed E-state index contributed by atoms with van der Waals surface area (Å²) in [6, 6.07) is 37.7. The second-order valence-corrected chi connectivity index (χ2v) is 36.0. The van der Waals surface area contributed by atoms with Gasteiger partial charge in [-0.15, -0.1) is 0 Å². The van der Waals surface area contributed by atoms with E-state index >= 15 is 0 Å². The molecule has 38 nitrogen and oxygen atoms in total. The molecule has 38 heteroatoms. The van der Waals surface area contributed by atoms with Crippen molar-refractivity contribution in [3.8, 4) is 80.0 Å². The van der Waals surface area contributed by atoms with Gasteiger partial charge < -0.3 is 121 Å². The molecule has 0 aliphatic carbocycles. The highest BCUT2D eigenvalue weighted by Gasteiger charge is 2.32. The molecule has 0 amide bonds. The van der Waals surface area contributed by atoms with Crippen LogP contribution in [0.1, 0.15) is 47.9 Å². The maximum Gasteiger partial charge on any atom is 0.216 e. The Hall–Kier alpha value is -15.2. The number of fused-ring (bicyclic) bond motifs is 8. The van der Waals surface area contributed by atoms with Gasteiger partial charge in [0.15, 0.2) is 45.9 Å². The quantitative estimate of drug-likeness (QED) is 0.0331. The highest BCUT2D eigenvalue weighted by Crippen LogP contribution is 2.41. The normalized spacial score (nSPS) is 17.9. The van der Waals surface area contributed by atoms with Crippen LogP contribution in [0.15, 0.2) is 208 Å². The zero-order valence-electron chi connectivity index (χ0n) is 79.0. The lowest BCUT2D eigenvalue weighted by atomic mass is 10.1. The van der Waals surface area contributed by atoms with Crippen molar-refractivity contribution in [2.75, 3.05) is 200 Å². The Labute approximate surface area is 818 Å². The summed E-state index contributed by atoms with van der Waals surface area (Å²) in [5.74, 6) is 7.12. The Bertz CT molecular complexity index is 6940. The molecule has 0 saturated carbocycles. The van der Waals surface area contributed by atoms with E-state index in [0.29, 0.717) is 81.3 Å². The number of nitrogens with one attached hydrogen (secondary N) is 4. The minimum atomic E-state index is -0.202. The van der Waals surface area contributed by atoms with E-state index in [9.17, 15) is 15.3 Å². The summed E-state index contributed by atoms with van der Waals surface area (Å²) >= 11 is 0. The van der Waals surface area contributed by atoms with Gasteiger partial charge in [-0.25, -0.2) is 59.8 Å². The third-order valence-corrected chi connectivity index (χ3v) is 26.7. The predicted molar refractivity (Wildman–Crippen MR) is 538 cm³/mol. The van der Waals surface area contributed by atoms with Crippen LogP contribution in [0.5, 0.6) is 35.0 Å². The number of benzene rings is 4. The maximum atomic E-state index is 9.50. The van der Waals surface area contributed by atoms with Crippen molar-refractivity contribution in [1.82, 2.24) is 82.3 Å². The van der Waals surface area contributed by atoms with Crippen molar-refractivity contribution in [2.24, 2.45) is 0 Å². The number of ether oxygens (including phenoxy) is 10. The Morgan fingerprint density at radius 1 is 0.345 bits per heavy atom. The van der Waals surface area contributed by atoms with Crippen LogP contribution in [0.25, 0.3) is 67.6 Å². The molecular formula is C104H111N25O13. The Kier molecular flexibility index (Phi) is 27.2. The average molecular weight is 1920 g/mol. The number of pyridine rings is 4. The zero-order valence-corrected chi connectivity index (χ0v) is 79.0. The lowest BCUT2D eigenvalue weighted by Gasteiger charge is -2.43. The summed E-state index contributed by atoms with van der Waals surface area (Å²) in [6.45, 7) is 14.8. The van der Waals surface area contributed by atoms with Gasteiger partial charge >= 0.3 is 0 Å². The fraction of sp³-hybridized carbons (Fsp3) is 0.346. The molecular weight excluding hydrogens is 1810 g/mol. The van der Waals surface area contributed by atoms with Crippen molar-refractivity contribution >= 4 is 91.4 Å². The van der Waals surface area contributed by atoms with Gasteiger partial charge in [0, 0.05) is 255 Å². The minimum absolute atomic E-state index is 0.00641. The smallest absolute Gasteiger partial charge is 0.216 e. The van der Waals surface area contributed by atoms with Crippen molar-refractivity contribution in [2.45, 2.75) is 75.7 Å². The highest BCUT2D eigenvalue weighted by molar-refractivity contribution is 5.81. The number of imidazole rings is 4. The summed E-state index contributed by atoms with van der Waals surface area (Å²) in [6.07, 6.45) is 37.2. The fourth-order valence-corrected chi connectivity index (χ4v) is 19.2. The number of rotatable bonds is 22. The number of nitrogens with zero attached hydrogens (tertiary/aromatic N) is 21. The van der Waals surface area contributed by atoms with E-state index in [1.54, 1.807) is 45.2 Å². The molecule has 9 aliphatic rings. The van der Waals surface area contributed by atoms with Gasteiger partial charge in [-0.3, -0.25) is 4.90 Å². The number of aliphatic hydroxyl groups excluding tert-OH is 3. The number of hydrogen-bond acceptors (Lipinski definition) is 34. The van der Waals surface area contributed by atoms with Crippen LogP contribution in [0.4, 0.5) is 68.8 Å². The minimum Gasteiger partial charge on any atom is -0.495 e. The molecule has 730 valence electrons. The van der Waals surface area contributed by atoms with Gasteiger partial charge in [0.2, 0.25) is 23.5 Å². The van der Waals surface area contributed by atoms with Crippen LogP contribution in [0.3, 0.4) is 0 Å². The number of aromatic nitrogens is 16. The average Bonchev–Trinajstić information content (AvgIpc) is 1.57. The zero-order chi connectivity index (χ0) is 95.8. The number of methoxy groups -OCH3 is 2. The predicted octanol–water partition coefficient (Wildman–Crippen LogP) is 12.6. The molecule has 5 fully saturated rings. The molecule has 142 heavy (non-hydrogen) atoms. The third kappa shape index (κ3) is 20.3.